The maximum atomic E-state index is 13.9. The van der Waals surface area contributed by atoms with Gasteiger partial charge in [-0.05, 0) is 0 Å². The molecular weight excluding hydrogens is 294 g/mol. The second-order valence-corrected chi connectivity index (χ2v) is 3.98. The van der Waals surface area contributed by atoms with Crippen LogP contribution in [-0.4, -0.2) is 6.93 Å². The standard InChI is InChI=1S/C14H10F4.CH2F2/c15-13(16,11-7-3-1-4-8-11)14(17,18)12-9-5-2-6-10-12;2-1-3/h1-10H;1H2. The van der Waals surface area contributed by atoms with Crippen LogP contribution in [0.5, 0.6) is 0 Å². The number of benzene rings is 2. The molecule has 2 aromatic rings. The summed E-state index contributed by atoms with van der Waals surface area (Å²) >= 11 is 0. The van der Waals surface area contributed by atoms with Crippen LogP contribution in [-0.2, 0) is 11.8 Å². The van der Waals surface area contributed by atoms with Crippen molar-refractivity contribution in [3.05, 3.63) is 71.8 Å². The van der Waals surface area contributed by atoms with E-state index >= 15 is 0 Å². The molecule has 0 aromatic heterocycles. The second-order valence-electron chi connectivity index (χ2n) is 3.98. The lowest BCUT2D eigenvalue weighted by Gasteiger charge is -2.27. The van der Waals surface area contributed by atoms with E-state index in [-0.39, 0.29) is 0 Å². The van der Waals surface area contributed by atoms with E-state index in [4.69, 9.17) is 0 Å². The largest absolute Gasteiger partial charge is 0.339 e. The van der Waals surface area contributed by atoms with Crippen LogP contribution >= 0.6 is 0 Å². The Kier molecular flexibility index (Phi) is 5.81. The van der Waals surface area contributed by atoms with Crippen molar-refractivity contribution < 1.29 is 26.3 Å². The Bertz CT molecular complexity index is 475. The Morgan fingerprint density at radius 3 is 1.05 bits per heavy atom. The molecule has 0 spiro atoms. The molecule has 0 amide bonds. The molecule has 21 heavy (non-hydrogen) atoms. The van der Waals surface area contributed by atoms with E-state index in [0.29, 0.717) is 0 Å². The van der Waals surface area contributed by atoms with Crippen LogP contribution in [0, 0.1) is 0 Å². The van der Waals surface area contributed by atoms with Crippen molar-refractivity contribution in [3.63, 3.8) is 0 Å². The zero-order chi connectivity index (χ0) is 15.9. The lowest BCUT2D eigenvalue weighted by atomic mass is 9.96. The van der Waals surface area contributed by atoms with Crippen LogP contribution in [0.1, 0.15) is 11.1 Å². The van der Waals surface area contributed by atoms with Gasteiger partial charge in [-0.1, -0.05) is 60.7 Å². The Hall–Kier alpha value is -1.98. The monoisotopic (exact) mass is 306 g/mol. The third kappa shape index (κ3) is 3.77. The zero-order valence-electron chi connectivity index (χ0n) is 10.7. The average Bonchev–Trinajstić information content (AvgIpc) is 2.49. The predicted octanol–water partition coefficient (Wildman–Crippen LogP) is 5.45. The molecule has 0 nitrogen and oxygen atoms in total. The summed E-state index contributed by atoms with van der Waals surface area (Å²) in [6.45, 7) is -1.75. The maximum absolute atomic E-state index is 13.9. The topological polar surface area (TPSA) is 0 Å². The Morgan fingerprint density at radius 1 is 0.571 bits per heavy atom. The highest BCUT2D eigenvalue weighted by Gasteiger charge is 2.58. The summed E-state index contributed by atoms with van der Waals surface area (Å²) < 4.78 is 74.7. The summed E-state index contributed by atoms with van der Waals surface area (Å²) in [6.07, 6.45) is 0. The molecule has 0 N–H and O–H groups in total. The molecule has 0 aliphatic carbocycles. The normalized spacial score (nSPS) is 11.5. The van der Waals surface area contributed by atoms with Crippen molar-refractivity contribution >= 4 is 0 Å². The molecule has 2 rings (SSSR count). The molecule has 114 valence electrons. The van der Waals surface area contributed by atoms with E-state index in [1.807, 2.05) is 0 Å². The molecule has 0 radical (unpaired) electrons. The van der Waals surface area contributed by atoms with Crippen molar-refractivity contribution in [3.8, 4) is 0 Å². The maximum Gasteiger partial charge on any atom is 0.339 e. The van der Waals surface area contributed by atoms with Crippen LogP contribution < -0.4 is 0 Å². The number of alkyl halides is 6. The number of rotatable bonds is 3. The summed E-state index contributed by atoms with van der Waals surface area (Å²) in [5, 5.41) is 0. The third-order valence-corrected chi connectivity index (χ3v) is 2.67. The van der Waals surface area contributed by atoms with E-state index in [1.54, 1.807) is 0 Å². The van der Waals surface area contributed by atoms with Gasteiger partial charge in [-0.2, -0.15) is 17.6 Å². The quantitative estimate of drug-likeness (QED) is 0.661. The van der Waals surface area contributed by atoms with E-state index in [0.717, 1.165) is 24.3 Å². The summed E-state index contributed by atoms with van der Waals surface area (Å²) in [6, 6.07) is 12.2. The molecule has 0 saturated carbocycles. The summed E-state index contributed by atoms with van der Waals surface area (Å²) in [5.41, 5.74) is -1.39. The van der Waals surface area contributed by atoms with Gasteiger partial charge >= 0.3 is 11.8 Å². The number of halogens is 6. The minimum Gasteiger partial charge on any atom is -0.214 e. The first-order valence-corrected chi connectivity index (χ1v) is 5.86. The fourth-order valence-corrected chi connectivity index (χ4v) is 1.66. The van der Waals surface area contributed by atoms with Gasteiger partial charge in [0.2, 0.25) is 6.93 Å². The zero-order valence-corrected chi connectivity index (χ0v) is 10.7. The lowest BCUT2D eigenvalue weighted by Crippen LogP contribution is -2.35. The molecular formula is C15H12F6. The highest BCUT2D eigenvalue weighted by molar-refractivity contribution is 5.29. The summed E-state index contributed by atoms with van der Waals surface area (Å²) in [4.78, 5) is 0. The number of hydrogen-bond donors (Lipinski definition) is 0. The minimum absolute atomic E-state index is 0.696. The molecule has 0 fully saturated rings. The van der Waals surface area contributed by atoms with Gasteiger partial charge in [0.1, 0.15) is 0 Å². The van der Waals surface area contributed by atoms with E-state index in [1.165, 1.54) is 36.4 Å². The molecule has 6 heteroatoms. The van der Waals surface area contributed by atoms with E-state index < -0.39 is 29.9 Å². The Balaban J connectivity index is 0.000000677. The molecule has 0 heterocycles. The molecule has 0 atom stereocenters. The lowest BCUT2D eigenvalue weighted by molar-refractivity contribution is -0.223. The molecule has 0 aliphatic heterocycles. The van der Waals surface area contributed by atoms with Gasteiger partial charge in [-0.15, -0.1) is 0 Å². The van der Waals surface area contributed by atoms with Crippen molar-refractivity contribution in [2.24, 2.45) is 0 Å². The molecule has 0 aliphatic rings. The van der Waals surface area contributed by atoms with Gasteiger partial charge in [0, 0.05) is 11.1 Å². The van der Waals surface area contributed by atoms with E-state index in [2.05, 4.69) is 0 Å². The third-order valence-electron chi connectivity index (χ3n) is 2.67. The van der Waals surface area contributed by atoms with Crippen molar-refractivity contribution in [1.82, 2.24) is 0 Å². The van der Waals surface area contributed by atoms with Crippen LogP contribution in [0.4, 0.5) is 26.3 Å². The SMILES string of the molecule is FC(F)(c1ccccc1)C(F)(F)c1ccccc1.FCF. The second kappa shape index (κ2) is 7.15. The fraction of sp³-hybridized carbons (Fsp3) is 0.200. The molecule has 0 unspecified atom stereocenters. The van der Waals surface area contributed by atoms with Gasteiger partial charge in [0.05, 0.1) is 0 Å². The fourth-order valence-electron chi connectivity index (χ4n) is 1.66. The first-order chi connectivity index (χ1) is 9.87. The molecule has 2 aromatic carbocycles. The van der Waals surface area contributed by atoms with Crippen LogP contribution in [0.3, 0.4) is 0 Å². The highest BCUT2D eigenvalue weighted by atomic mass is 19.3. The van der Waals surface area contributed by atoms with Gasteiger partial charge in [0.15, 0.2) is 0 Å². The van der Waals surface area contributed by atoms with Gasteiger partial charge in [0.25, 0.3) is 0 Å². The van der Waals surface area contributed by atoms with Gasteiger partial charge in [-0.3, -0.25) is 0 Å². The minimum atomic E-state index is -4.24. The predicted molar refractivity (Wildman–Crippen MR) is 67.8 cm³/mol. The highest BCUT2D eigenvalue weighted by Crippen LogP contribution is 2.49. The van der Waals surface area contributed by atoms with Gasteiger partial charge in [-0.25, -0.2) is 8.78 Å². The molecule has 0 bridgehead atoms. The summed E-state index contributed by atoms with van der Waals surface area (Å²) in [5.74, 6) is -8.48. The van der Waals surface area contributed by atoms with Crippen LogP contribution in [0.25, 0.3) is 0 Å². The Labute approximate surface area is 118 Å². The van der Waals surface area contributed by atoms with Crippen LogP contribution in [0.2, 0.25) is 0 Å². The molecule has 0 saturated heterocycles. The van der Waals surface area contributed by atoms with E-state index in [9.17, 15) is 26.3 Å². The van der Waals surface area contributed by atoms with Crippen LogP contribution in [0.15, 0.2) is 60.7 Å². The first kappa shape index (κ1) is 17.1. The Morgan fingerprint density at radius 2 is 0.810 bits per heavy atom. The van der Waals surface area contributed by atoms with Crippen molar-refractivity contribution in [2.45, 2.75) is 11.8 Å². The average molecular weight is 306 g/mol. The number of hydrogen-bond acceptors (Lipinski definition) is 0. The van der Waals surface area contributed by atoms with Gasteiger partial charge < -0.3 is 0 Å². The van der Waals surface area contributed by atoms with Crippen molar-refractivity contribution in [1.29, 1.82) is 0 Å². The first-order valence-electron chi connectivity index (χ1n) is 5.86. The summed E-state index contributed by atoms with van der Waals surface area (Å²) in [7, 11) is 0. The smallest absolute Gasteiger partial charge is 0.214 e. The van der Waals surface area contributed by atoms with Crippen molar-refractivity contribution in [2.75, 3.05) is 6.93 Å².